The Morgan fingerprint density at radius 3 is 2.44 bits per heavy atom. The summed E-state index contributed by atoms with van der Waals surface area (Å²) < 4.78 is 1.79. The molecule has 3 aromatic carbocycles. The van der Waals surface area contributed by atoms with Crippen LogP contribution in [0.2, 0.25) is 0 Å². The van der Waals surface area contributed by atoms with Gasteiger partial charge in [-0.15, -0.1) is 5.10 Å². The molecule has 1 aromatic heterocycles. The van der Waals surface area contributed by atoms with Crippen molar-refractivity contribution in [2.45, 2.75) is 13.1 Å². The Hall–Kier alpha value is -3.74. The average molecular weight is 359 g/mol. The van der Waals surface area contributed by atoms with E-state index in [-0.39, 0.29) is 11.9 Å². The Balaban J connectivity index is 1.82. The van der Waals surface area contributed by atoms with Crippen LogP contribution in [0.3, 0.4) is 0 Å². The summed E-state index contributed by atoms with van der Waals surface area (Å²) in [5.74, 6) is 0. The number of nitrogens with one attached hydrogen (secondary N) is 1. The van der Waals surface area contributed by atoms with E-state index in [2.05, 4.69) is 15.6 Å². The third-order valence-electron chi connectivity index (χ3n) is 4.48. The number of hydrogen-bond donors (Lipinski definition) is 1. The first-order valence-electron chi connectivity index (χ1n) is 8.50. The van der Waals surface area contributed by atoms with E-state index in [1.807, 2.05) is 55.5 Å². The molecule has 4 rings (SSSR count). The Morgan fingerprint density at radius 2 is 1.70 bits per heavy atom. The highest BCUT2D eigenvalue weighted by Crippen LogP contribution is 2.27. The van der Waals surface area contributed by atoms with Crippen molar-refractivity contribution in [3.05, 3.63) is 94.0 Å². The minimum Gasteiger partial charge on any atom is -0.360 e. The Morgan fingerprint density at radius 1 is 1.00 bits per heavy atom. The Labute approximate surface area is 155 Å². The summed E-state index contributed by atoms with van der Waals surface area (Å²) >= 11 is 0. The number of fused-ring (bicyclic) bond motifs is 1. The number of rotatable bonds is 5. The monoisotopic (exact) mass is 359 g/mol. The quantitative estimate of drug-likeness (QED) is 0.424. The molecule has 0 radical (unpaired) electrons. The van der Waals surface area contributed by atoms with Gasteiger partial charge in [0.2, 0.25) is 0 Å². The van der Waals surface area contributed by atoms with E-state index < -0.39 is 4.92 Å². The van der Waals surface area contributed by atoms with Gasteiger partial charge in [-0.1, -0.05) is 35.5 Å². The first kappa shape index (κ1) is 16.7. The van der Waals surface area contributed by atoms with Gasteiger partial charge in [-0.2, -0.15) is 0 Å². The second-order valence-electron chi connectivity index (χ2n) is 6.23. The van der Waals surface area contributed by atoms with Crippen LogP contribution in [-0.2, 0) is 0 Å². The molecule has 0 fully saturated rings. The highest BCUT2D eigenvalue weighted by molar-refractivity contribution is 5.74. The van der Waals surface area contributed by atoms with Gasteiger partial charge in [0, 0.05) is 17.8 Å². The number of aromatic nitrogens is 3. The molecule has 7 heteroatoms. The highest BCUT2D eigenvalue weighted by Gasteiger charge is 2.19. The van der Waals surface area contributed by atoms with Crippen LogP contribution in [0.15, 0.2) is 72.8 Å². The van der Waals surface area contributed by atoms with Crippen molar-refractivity contribution < 1.29 is 4.92 Å². The zero-order chi connectivity index (χ0) is 18.8. The molecule has 0 amide bonds. The van der Waals surface area contributed by atoms with Crippen molar-refractivity contribution in [2.24, 2.45) is 0 Å². The van der Waals surface area contributed by atoms with Crippen molar-refractivity contribution in [3.63, 3.8) is 0 Å². The van der Waals surface area contributed by atoms with Crippen molar-refractivity contribution in [1.29, 1.82) is 0 Å². The zero-order valence-corrected chi connectivity index (χ0v) is 14.6. The van der Waals surface area contributed by atoms with E-state index in [0.29, 0.717) is 0 Å². The Bertz CT molecular complexity index is 1100. The van der Waals surface area contributed by atoms with Gasteiger partial charge >= 0.3 is 0 Å². The first-order chi connectivity index (χ1) is 13.1. The maximum absolute atomic E-state index is 11.0. The van der Waals surface area contributed by atoms with Crippen LogP contribution in [0.4, 0.5) is 11.4 Å². The molecular formula is C20H17N5O2. The van der Waals surface area contributed by atoms with Crippen molar-refractivity contribution in [2.75, 3.05) is 5.32 Å². The van der Waals surface area contributed by atoms with Gasteiger partial charge in [-0.25, -0.2) is 4.68 Å². The predicted octanol–water partition coefficient (Wildman–Crippen LogP) is 4.31. The number of benzene rings is 3. The summed E-state index contributed by atoms with van der Waals surface area (Å²) in [6, 6.07) is 22.1. The molecule has 0 aliphatic rings. The summed E-state index contributed by atoms with van der Waals surface area (Å²) in [6.45, 7) is 2.02. The van der Waals surface area contributed by atoms with E-state index >= 15 is 0 Å². The molecule has 0 spiro atoms. The fraction of sp³-hybridized carbons (Fsp3) is 0.100. The maximum Gasteiger partial charge on any atom is 0.269 e. The van der Waals surface area contributed by atoms with Crippen LogP contribution in [0.5, 0.6) is 0 Å². The van der Waals surface area contributed by atoms with Crippen molar-refractivity contribution >= 4 is 22.4 Å². The van der Waals surface area contributed by atoms with E-state index in [4.69, 9.17) is 0 Å². The molecule has 0 aliphatic carbocycles. The summed E-state index contributed by atoms with van der Waals surface area (Å²) in [7, 11) is 0. The van der Waals surface area contributed by atoms with E-state index in [0.717, 1.165) is 27.8 Å². The maximum atomic E-state index is 11.0. The number of non-ortho nitro benzene ring substituents is 1. The molecule has 0 aliphatic heterocycles. The topological polar surface area (TPSA) is 85.9 Å². The minimum absolute atomic E-state index is 0.0526. The Kier molecular flexibility index (Phi) is 4.25. The molecule has 0 saturated carbocycles. The third-order valence-corrected chi connectivity index (χ3v) is 4.48. The van der Waals surface area contributed by atoms with Gasteiger partial charge in [0.25, 0.3) is 5.69 Å². The third kappa shape index (κ3) is 3.22. The van der Waals surface area contributed by atoms with Gasteiger partial charge in [0.05, 0.1) is 10.4 Å². The van der Waals surface area contributed by atoms with Crippen molar-refractivity contribution in [3.8, 4) is 0 Å². The highest BCUT2D eigenvalue weighted by atomic mass is 16.6. The van der Waals surface area contributed by atoms with Crippen LogP contribution < -0.4 is 5.32 Å². The van der Waals surface area contributed by atoms with Crippen LogP contribution >= 0.6 is 0 Å². The fourth-order valence-corrected chi connectivity index (χ4v) is 3.02. The molecule has 1 N–H and O–H groups in total. The van der Waals surface area contributed by atoms with Crippen LogP contribution in [-0.4, -0.2) is 19.9 Å². The largest absolute Gasteiger partial charge is 0.360 e. The fourth-order valence-electron chi connectivity index (χ4n) is 3.02. The van der Waals surface area contributed by atoms with Gasteiger partial charge < -0.3 is 5.32 Å². The lowest BCUT2D eigenvalue weighted by Crippen LogP contribution is -2.21. The molecule has 0 bridgehead atoms. The second-order valence-corrected chi connectivity index (χ2v) is 6.23. The lowest BCUT2D eigenvalue weighted by Gasteiger charge is -2.22. The molecule has 0 unspecified atom stereocenters. The number of para-hydroxylation sites is 2. The molecular weight excluding hydrogens is 342 g/mol. The standard InChI is InChI=1S/C20H17N5O2/c1-14-6-2-3-7-17(14)21-20(15-10-12-16(13-11-15)25(26)27)24-19-9-5-4-8-18(19)22-23-24/h2-13,20-21H,1H3/t20-/m1/s1. The normalized spacial score (nSPS) is 12.0. The lowest BCUT2D eigenvalue weighted by molar-refractivity contribution is -0.384. The van der Waals surface area contributed by atoms with E-state index in [9.17, 15) is 10.1 Å². The number of nitro groups is 1. The van der Waals surface area contributed by atoms with Gasteiger partial charge in [-0.3, -0.25) is 10.1 Å². The number of hydrogen-bond acceptors (Lipinski definition) is 5. The molecule has 4 aromatic rings. The molecule has 134 valence electrons. The average Bonchev–Trinajstić information content (AvgIpc) is 3.11. The number of anilines is 1. The molecule has 0 saturated heterocycles. The summed E-state index contributed by atoms with van der Waals surface area (Å²) in [5, 5.41) is 23.0. The van der Waals surface area contributed by atoms with Crippen molar-refractivity contribution in [1.82, 2.24) is 15.0 Å². The SMILES string of the molecule is Cc1ccccc1N[C@@H](c1ccc([N+](=O)[O-])cc1)n1nnc2ccccc21. The molecule has 27 heavy (non-hydrogen) atoms. The minimum atomic E-state index is -0.404. The number of nitrogens with zero attached hydrogens (tertiary/aromatic N) is 4. The smallest absolute Gasteiger partial charge is 0.269 e. The van der Waals surface area contributed by atoms with Crippen LogP contribution in [0, 0.1) is 17.0 Å². The zero-order valence-electron chi connectivity index (χ0n) is 14.6. The summed E-state index contributed by atoms with van der Waals surface area (Å²) in [5.41, 5.74) is 4.61. The van der Waals surface area contributed by atoms with Gasteiger partial charge in [0.15, 0.2) is 0 Å². The summed E-state index contributed by atoms with van der Waals surface area (Å²) in [4.78, 5) is 10.6. The molecule has 1 heterocycles. The molecule has 7 nitrogen and oxygen atoms in total. The van der Waals surface area contributed by atoms with E-state index in [1.54, 1.807) is 16.8 Å². The predicted molar refractivity (Wildman–Crippen MR) is 104 cm³/mol. The lowest BCUT2D eigenvalue weighted by atomic mass is 10.1. The number of aryl methyl sites for hydroxylation is 1. The van der Waals surface area contributed by atoms with Crippen LogP contribution in [0.1, 0.15) is 17.3 Å². The molecule has 1 atom stereocenters. The second kappa shape index (κ2) is 6.87. The van der Waals surface area contributed by atoms with Gasteiger partial charge in [-0.05, 0) is 48.4 Å². The van der Waals surface area contributed by atoms with Gasteiger partial charge in [0.1, 0.15) is 11.7 Å². The van der Waals surface area contributed by atoms with E-state index in [1.165, 1.54) is 12.1 Å². The van der Waals surface area contributed by atoms with Crippen LogP contribution in [0.25, 0.3) is 11.0 Å². The first-order valence-corrected chi connectivity index (χ1v) is 8.50. The summed E-state index contributed by atoms with van der Waals surface area (Å²) in [6.07, 6.45) is -0.362. The number of nitro benzene ring substituents is 1.